The summed E-state index contributed by atoms with van der Waals surface area (Å²) in [4.78, 5) is 15.5. The zero-order valence-corrected chi connectivity index (χ0v) is 9.66. The highest BCUT2D eigenvalue weighted by Gasteiger charge is 2.28. The van der Waals surface area contributed by atoms with Crippen molar-refractivity contribution in [2.24, 2.45) is 5.92 Å². The first-order valence-electron chi connectivity index (χ1n) is 4.93. The summed E-state index contributed by atoms with van der Waals surface area (Å²) in [5.41, 5.74) is 2.18. The Morgan fingerprint density at radius 2 is 2.40 bits per heavy atom. The maximum Gasteiger partial charge on any atom is 0.311 e. The second-order valence-corrected chi connectivity index (χ2v) is 3.84. The van der Waals surface area contributed by atoms with Crippen LogP contribution in [-0.2, 0) is 9.53 Å². The fraction of sp³-hybridized carbons (Fsp3) is 0.600. The number of aliphatic hydroxyl groups is 1. The van der Waals surface area contributed by atoms with Crippen LogP contribution in [0.3, 0.4) is 0 Å². The first-order valence-corrected chi connectivity index (χ1v) is 5.87. The molecule has 15 heavy (non-hydrogen) atoms. The van der Waals surface area contributed by atoms with Crippen LogP contribution in [0.25, 0.3) is 0 Å². The van der Waals surface area contributed by atoms with Crippen LogP contribution in [0.4, 0.5) is 0 Å². The highest BCUT2D eigenvalue weighted by atomic mass is 32.1. The number of carbonyl (C=O) groups excluding carboxylic acids is 1. The molecule has 0 saturated carbocycles. The normalized spacial score (nSPS) is 14.6. The summed E-state index contributed by atoms with van der Waals surface area (Å²) in [7, 11) is 0. The van der Waals surface area contributed by atoms with Gasteiger partial charge < -0.3 is 9.84 Å². The third-order valence-corrected chi connectivity index (χ3v) is 2.77. The molecule has 0 aliphatic carbocycles. The van der Waals surface area contributed by atoms with Gasteiger partial charge in [-0.2, -0.15) is 0 Å². The average molecular weight is 229 g/mol. The van der Waals surface area contributed by atoms with E-state index in [0.29, 0.717) is 18.7 Å². The molecule has 1 heterocycles. The highest BCUT2D eigenvalue weighted by Crippen LogP contribution is 2.25. The Bertz CT molecular complexity index is 300. The number of rotatable bonds is 5. The van der Waals surface area contributed by atoms with Crippen molar-refractivity contribution in [3.05, 3.63) is 16.6 Å². The van der Waals surface area contributed by atoms with Crippen LogP contribution >= 0.6 is 11.3 Å². The number of aliphatic hydroxyl groups excluding tert-OH is 1. The fourth-order valence-electron chi connectivity index (χ4n) is 1.34. The Morgan fingerprint density at radius 3 is 2.87 bits per heavy atom. The molecule has 0 bridgehead atoms. The van der Waals surface area contributed by atoms with Gasteiger partial charge in [-0.1, -0.05) is 6.92 Å². The summed E-state index contributed by atoms with van der Waals surface area (Å²) in [6.07, 6.45) is -0.322. The van der Waals surface area contributed by atoms with Gasteiger partial charge in [0.25, 0.3) is 0 Å². The van der Waals surface area contributed by atoms with Gasteiger partial charge in [0.05, 0.1) is 23.7 Å². The second-order valence-electron chi connectivity index (χ2n) is 3.12. The molecule has 84 valence electrons. The molecule has 0 aliphatic heterocycles. The van der Waals surface area contributed by atoms with Crippen LogP contribution < -0.4 is 0 Å². The number of hydrogen-bond acceptors (Lipinski definition) is 5. The lowest BCUT2D eigenvalue weighted by atomic mass is 9.98. The number of carbonyl (C=O) groups is 1. The maximum atomic E-state index is 11.5. The average Bonchev–Trinajstić information content (AvgIpc) is 2.71. The molecule has 0 aromatic carbocycles. The van der Waals surface area contributed by atoms with Crippen molar-refractivity contribution in [1.29, 1.82) is 0 Å². The number of nitrogens with zero attached hydrogens (tertiary/aromatic N) is 1. The molecule has 2 unspecified atom stereocenters. The SMILES string of the molecule is CCOC(=O)C(CC)C(O)c1cscn1. The first-order chi connectivity index (χ1) is 7.20. The largest absolute Gasteiger partial charge is 0.466 e. The van der Waals surface area contributed by atoms with Crippen molar-refractivity contribution in [2.45, 2.75) is 26.4 Å². The lowest BCUT2D eigenvalue weighted by Crippen LogP contribution is -2.24. The molecule has 0 amide bonds. The molecule has 0 spiro atoms. The molecule has 4 nitrogen and oxygen atoms in total. The Hall–Kier alpha value is -0.940. The van der Waals surface area contributed by atoms with E-state index in [0.717, 1.165) is 0 Å². The van der Waals surface area contributed by atoms with E-state index in [1.54, 1.807) is 17.8 Å². The molecule has 1 rings (SSSR count). The van der Waals surface area contributed by atoms with E-state index in [1.165, 1.54) is 11.3 Å². The zero-order chi connectivity index (χ0) is 11.3. The third kappa shape index (κ3) is 3.00. The van der Waals surface area contributed by atoms with Crippen molar-refractivity contribution in [1.82, 2.24) is 4.98 Å². The van der Waals surface area contributed by atoms with Gasteiger partial charge in [-0.05, 0) is 13.3 Å². The maximum absolute atomic E-state index is 11.5. The molecular weight excluding hydrogens is 214 g/mol. The molecular formula is C10H15NO3S. The molecule has 1 aromatic heterocycles. The van der Waals surface area contributed by atoms with Gasteiger partial charge in [0.15, 0.2) is 0 Å². The van der Waals surface area contributed by atoms with Crippen LogP contribution in [-0.4, -0.2) is 22.7 Å². The molecule has 2 atom stereocenters. The summed E-state index contributed by atoms with van der Waals surface area (Å²) in [6.45, 7) is 3.93. The van der Waals surface area contributed by atoms with Crippen molar-refractivity contribution in [2.75, 3.05) is 6.61 Å². The van der Waals surface area contributed by atoms with E-state index in [4.69, 9.17) is 4.74 Å². The van der Waals surface area contributed by atoms with Gasteiger partial charge in [0.1, 0.15) is 6.10 Å². The smallest absolute Gasteiger partial charge is 0.311 e. The lowest BCUT2D eigenvalue weighted by molar-refractivity contribution is -0.152. The predicted octanol–water partition coefficient (Wildman–Crippen LogP) is 1.77. The van der Waals surface area contributed by atoms with Crippen LogP contribution in [0.5, 0.6) is 0 Å². The minimum Gasteiger partial charge on any atom is -0.466 e. The number of ether oxygens (including phenoxy) is 1. The van der Waals surface area contributed by atoms with Gasteiger partial charge in [-0.15, -0.1) is 11.3 Å². The summed E-state index contributed by atoms with van der Waals surface area (Å²) in [6, 6.07) is 0. The van der Waals surface area contributed by atoms with Crippen LogP contribution in [0.2, 0.25) is 0 Å². The van der Waals surface area contributed by atoms with Crippen LogP contribution in [0.15, 0.2) is 10.9 Å². The van der Waals surface area contributed by atoms with Gasteiger partial charge >= 0.3 is 5.97 Å². The topological polar surface area (TPSA) is 59.4 Å². The first kappa shape index (κ1) is 12.1. The van der Waals surface area contributed by atoms with Crippen LogP contribution in [0, 0.1) is 5.92 Å². The summed E-state index contributed by atoms with van der Waals surface area (Å²) >= 11 is 1.40. The Labute approximate surface area is 92.9 Å². The Kier molecular flexibility index (Phi) is 4.71. The minimum absolute atomic E-state index is 0.332. The van der Waals surface area contributed by atoms with Gasteiger partial charge in [-0.3, -0.25) is 4.79 Å². The van der Waals surface area contributed by atoms with Gasteiger partial charge in [0, 0.05) is 5.38 Å². The van der Waals surface area contributed by atoms with Crippen LogP contribution in [0.1, 0.15) is 32.1 Å². The molecule has 0 radical (unpaired) electrons. The zero-order valence-electron chi connectivity index (χ0n) is 8.84. The molecule has 0 aliphatic rings. The summed E-state index contributed by atoms with van der Waals surface area (Å²) < 4.78 is 4.89. The van der Waals surface area contributed by atoms with Crippen molar-refractivity contribution in [3.63, 3.8) is 0 Å². The predicted molar refractivity (Wildman–Crippen MR) is 57.5 cm³/mol. The van der Waals surface area contributed by atoms with E-state index < -0.39 is 12.0 Å². The Balaban J connectivity index is 2.70. The summed E-state index contributed by atoms with van der Waals surface area (Å²) in [5.74, 6) is -0.882. The third-order valence-electron chi connectivity index (χ3n) is 2.16. The number of hydrogen-bond donors (Lipinski definition) is 1. The van der Waals surface area contributed by atoms with Crippen molar-refractivity contribution < 1.29 is 14.6 Å². The minimum atomic E-state index is -0.861. The van der Waals surface area contributed by atoms with E-state index in [9.17, 15) is 9.90 Å². The van der Waals surface area contributed by atoms with E-state index >= 15 is 0 Å². The van der Waals surface area contributed by atoms with Gasteiger partial charge in [-0.25, -0.2) is 4.98 Å². The van der Waals surface area contributed by atoms with Crippen molar-refractivity contribution in [3.8, 4) is 0 Å². The fourth-order valence-corrected chi connectivity index (χ4v) is 1.93. The van der Waals surface area contributed by atoms with Gasteiger partial charge in [0.2, 0.25) is 0 Å². The van der Waals surface area contributed by atoms with E-state index in [-0.39, 0.29) is 5.97 Å². The number of esters is 1. The van der Waals surface area contributed by atoms with Crippen molar-refractivity contribution >= 4 is 17.3 Å². The Morgan fingerprint density at radius 1 is 1.67 bits per heavy atom. The molecule has 1 N–H and O–H groups in total. The standard InChI is InChI=1S/C10H15NO3S/c1-3-7(10(13)14-4-2)9(12)8-5-15-6-11-8/h5-7,9,12H,3-4H2,1-2H3. The van der Waals surface area contributed by atoms with E-state index in [2.05, 4.69) is 4.98 Å². The highest BCUT2D eigenvalue weighted by molar-refractivity contribution is 7.07. The molecule has 1 aromatic rings. The molecule has 0 fully saturated rings. The molecule has 0 saturated heterocycles. The van der Waals surface area contributed by atoms with E-state index in [1.807, 2.05) is 6.92 Å². The quantitative estimate of drug-likeness (QED) is 0.782. The number of thiazole rings is 1. The molecule has 5 heteroatoms. The second kappa shape index (κ2) is 5.82. The number of aromatic nitrogens is 1. The monoisotopic (exact) mass is 229 g/mol. The lowest BCUT2D eigenvalue weighted by Gasteiger charge is -2.18. The summed E-state index contributed by atoms with van der Waals surface area (Å²) in [5, 5.41) is 11.7.